The molecule has 0 spiro atoms. The molecule has 3 rings (SSSR count). The summed E-state index contributed by atoms with van der Waals surface area (Å²) in [5.74, 6) is -0.917. The number of nitrogens with zero attached hydrogens (tertiary/aromatic N) is 3. The molecule has 8 heteroatoms. The average Bonchev–Trinajstić information content (AvgIpc) is 3.01. The third-order valence-electron chi connectivity index (χ3n) is 3.31. The lowest BCUT2D eigenvalue weighted by Crippen LogP contribution is -2.13. The fourth-order valence-corrected chi connectivity index (χ4v) is 2.21. The summed E-state index contributed by atoms with van der Waals surface area (Å²) >= 11 is 0. The first-order chi connectivity index (χ1) is 11.4. The SMILES string of the molecule is Fc1cccc(C(F)(F)F)c1-n1cnc(NCc2ccccc2)n1. The van der Waals surface area contributed by atoms with Crippen molar-refractivity contribution in [2.75, 3.05) is 5.32 Å². The number of nitrogens with one attached hydrogen (secondary N) is 1. The van der Waals surface area contributed by atoms with Gasteiger partial charge in [-0.15, -0.1) is 5.10 Å². The zero-order chi connectivity index (χ0) is 17.2. The van der Waals surface area contributed by atoms with Gasteiger partial charge in [0.05, 0.1) is 5.56 Å². The molecule has 0 atom stereocenters. The van der Waals surface area contributed by atoms with E-state index in [2.05, 4.69) is 15.4 Å². The second-order valence-electron chi connectivity index (χ2n) is 4.99. The van der Waals surface area contributed by atoms with Crippen molar-refractivity contribution in [1.82, 2.24) is 14.8 Å². The highest BCUT2D eigenvalue weighted by atomic mass is 19.4. The number of aromatic nitrogens is 3. The second kappa shape index (κ2) is 6.31. The fraction of sp³-hybridized carbons (Fsp3) is 0.125. The lowest BCUT2D eigenvalue weighted by atomic mass is 10.1. The molecular formula is C16H12F4N4. The Kier molecular flexibility index (Phi) is 4.20. The molecule has 0 bridgehead atoms. The van der Waals surface area contributed by atoms with Gasteiger partial charge in [0.15, 0.2) is 0 Å². The van der Waals surface area contributed by atoms with Gasteiger partial charge in [0, 0.05) is 6.54 Å². The zero-order valence-electron chi connectivity index (χ0n) is 12.3. The molecule has 1 N–H and O–H groups in total. The smallest absolute Gasteiger partial charge is 0.349 e. The Morgan fingerprint density at radius 2 is 1.75 bits per heavy atom. The highest BCUT2D eigenvalue weighted by Gasteiger charge is 2.35. The molecule has 1 heterocycles. The molecule has 0 aliphatic carbocycles. The average molecular weight is 336 g/mol. The monoisotopic (exact) mass is 336 g/mol. The predicted octanol–water partition coefficient (Wildman–Crippen LogP) is 4.04. The lowest BCUT2D eigenvalue weighted by Gasteiger charge is -2.12. The van der Waals surface area contributed by atoms with E-state index in [0.717, 1.165) is 34.8 Å². The molecule has 0 fully saturated rings. The number of para-hydroxylation sites is 1. The first-order valence-corrected chi connectivity index (χ1v) is 7.00. The Morgan fingerprint density at radius 3 is 2.46 bits per heavy atom. The van der Waals surface area contributed by atoms with Crippen molar-refractivity contribution in [2.24, 2.45) is 0 Å². The van der Waals surface area contributed by atoms with E-state index in [-0.39, 0.29) is 5.95 Å². The summed E-state index contributed by atoms with van der Waals surface area (Å²) in [7, 11) is 0. The summed E-state index contributed by atoms with van der Waals surface area (Å²) < 4.78 is 53.8. The van der Waals surface area contributed by atoms with Crippen molar-refractivity contribution in [2.45, 2.75) is 12.7 Å². The van der Waals surface area contributed by atoms with Gasteiger partial charge in [0.1, 0.15) is 17.8 Å². The Hall–Kier alpha value is -2.90. The Labute approximate surface area is 134 Å². The molecule has 2 aromatic carbocycles. The summed E-state index contributed by atoms with van der Waals surface area (Å²) in [4.78, 5) is 3.88. The van der Waals surface area contributed by atoms with Crippen LogP contribution in [-0.4, -0.2) is 14.8 Å². The van der Waals surface area contributed by atoms with Gasteiger partial charge in [-0.05, 0) is 17.7 Å². The molecule has 124 valence electrons. The third kappa shape index (κ3) is 3.37. The fourth-order valence-electron chi connectivity index (χ4n) is 2.21. The van der Waals surface area contributed by atoms with Gasteiger partial charge in [0.2, 0.25) is 5.95 Å². The quantitative estimate of drug-likeness (QED) is 0.731. The van der Waals surface area contributed by atoms with Crippen LogP contribution in [0.1, 0.15) is 11.1 Å². The van der Waals surface area contributed by atoms with Crippen LogP contribution in [0.4, 0.5) is 23.5 Å². The highest BCUT2D eigenvalue weighted by Crippen LogP contribution is 2.34. The molecule has 1 aromatic heterocycles. The normalized spacial score (nSPS) is 11.5. The molecule has 0 saturated heterocycles. The van der Waals surface area contributed by atoms with Crippen LogP contribution in [0.3, 0.4) is 0 Å². The molecule has 0 amide bonds. The Bertz CT molecular complexity index is 828. The van der Waals surface area contributed by atoms with Crippen molar-refractivity contribution in [3.05, 3.63) is 71.8 Å². The van der Waals surface area contributed by atoms with E-state index in [1.807, 2.05) is 30.3 Å². The van der Waals surface area contributed by atoms with Crippen LogP contribution in [0.2, 0.25) is 0 Å². The molecule has 0 aliphatic heterocycles. The van der Waals surface area contributed by atoms with Crippen LogP contribution >= 0.6 is 0 Å². The molecule has 24 heavy (non-hydrogen) atoms. The molecule has 3 aromatic rings. The van der Waals surface area contributed by atoms with Crippen LogP contribution in [0.25, 0.3) is 5.69 Å². The molecule has 0 unspecified atom stereocenters. The van der Waals surface area contributed by atoms with Crippen molar-refractivity contribution >= 4 is 5.95 Å². The zero-order valence-corrected chi connectivity index (χ0v) is 12.3. The first-order valence-electron chi connectivity index (χ1n) is 7.00. The van der Waals surface area contributed by atoms with Crippen LogP contribution in [0, 0.1) is 5.82 Å². The van der Waals surface area contributed by atoms with E-state index < -0.39 is 23.2 Å². The minimum atomic E-state index is -4.69. The molecule has 0 radical (unpaired) electrons. The van der Waals surface area contributed by atoms with Gasteiger partial charge >= 0.3 is 6.18 Å². The van der Waals surface area contributed by atoms with Crippen molar-refractivity contribution in [3.8, 4) is 5.69 Å². The summed E-state index contributed by atoms with van der Waals surface area (Å²) in [5, 5.41) is 6.77. The van der Waals surface area contributed by atoms with Gasteiger partial charge in [0.25, 0.3) is 0 Å². The minimum absolute atomic E-state index is 0.107. The van der Waals surface area contributed by atoms with Gasteiger partial charge in [-0.1, -0.05) is 36.4 Å². The van der Waals surface area contributed by atoms with Crippen LogP contribution in [0.15, 0.2) is 54.9 Å². The minimum Gasteiger partial charge on any atom is -0.349 e. The first kappa shape index (κ1) is 16.0. The third-order valence-corrected chi connectivity index (χ3v) is 3.31. The van der Waals surface area contributed by atoms with Gasteiger partial charge < -0.3 is 5.32 Å². The van der Waals surface area contributed by atoms with Crippen molar-refractivity contribution in [1.29, 1.82) is 0 Å². The number of alkyl halides is 3. The largest absolute Gasteiger partial charge is 0.418 e. The maximum absolute atomic E-state index is 13.9. The van der Waals surface area contributed by atoms with E-state index in [0.29, 0.717) is 6.54 Å². The maximum atomic E-state index is 13.9. The predicted molar refractivity (Wildman–Crippen MR) is 80.1 cm³/mol. The molecule has 4 nitrogen and oxygen atoms in total. The van der Waals surface area contributed by atoms with Crippen LogP contribution < -0.4 is 5.32 Å². The highest BCUT2D eigenvalue weighted by molar-refractivity contribution is 5.44. The van der Waals surface area contributed by atoms with E-state index in [9.17, 15) is 17.6 Å². The van der Waals surface area contributed by atoms with Gasteiger partial charge in [-0.3, -0.25) is 0 Å². The van der Waals surface area contributed by atoms with Gasteiger partial charge in [-0.2, -0.15) is 13.2 Å². The number of hydrogen-bond acceptors (Lipinski definition) is 3. The van der Waals surface area contributed by atoms with E-state index in [1.165, 1.54) is 0 Å². The Morgan fingerprint density at radius 1 is 1.00 bits per heavy atom. The molecular weight excluding hydrogens is 324 g/mol. The summed E-state index contributed by atoms with van der Waals surface area (Å²) in [6, 6.07) is 12.1. The summed E-state index contributed by atoms with van der Waals surface area (Å²) in [6.07, 6.45) is -3.65. The van der Waals surface area contributed by atoms with Gasteiger partial charge in [-0.25, -0.2) is 14.1 Å². The van der Waals surface area contributed by atoms with E-state index in [1.54, 1.807) is 0 Å². The van der Waals surface area contributed by atoms with Crippen LogP contribution in [0.5, 0.6) is 0 Å². The maximum Gasteiger partial charge on any atom is 0.418 e. The number of anilines is 1. The summed E-state index contributed by atoms with van der Waals surface area (Å²) in [6.45, 7) is 0.397. The Balaban J connectivity index is 1.86. The summed E-state index contributed by atoms with van der Waals surface area (Å²) in [5.41, 5.74) is -0.831. The molecule has 0 aliphatic rings. The van der Waals surface area contributed by atoms with E-state index >= 15 is 0 Å². The number of rotatable bonds is 4. The number of hydrogen-bond donors (Lipinski definition) is 1. The van der Waals surface area contributed by atoms with Crippen molar-refractivity contribution in [3.63, 3.8) is 0 Å². The topological polar surface area (TPSA) is 42.7 Å². The van der Waals surface area contributed by atoms with Crippen molar-refractivity contribution < 1.29 is 17.6 Å². The standard InChI is InChI=1S/C16H12F4N4/c17-13-8-4-7-12(16(18,19)20)14(13)24-10-22-15(23-24)21-9-11-5-2-1-3-6-11/h1-8,10H,9H2,(H,21,23). The number of benzene rings is 2. The number of halogens is 4. The lowest BCUT2D eigenvalue weighted by molar-refractivity contribution is -0.137. The van der Waals surface area contributed by atoms with Crippen LogP contribution in [-0.2, 0) is 12.7 Å². The second-order valence-corrected chi connectivity index (χ2v) is 4.99. The van der Waals surface area contributed by atoms with E-state index in [4.69, 9.17) is 0 Å². The molecule has 0 saturated carbocycles.